The molecule has 0 saturated carbocycles. The van der Waals surface area contributed by atoms with Crippen LogP contribution >= 0.6 is 0 Å². The highest BCUT2D eigenvalue weighted by molar-refractivity contribution is 5.98. The highest BCUT2D eigenvalue weighted by Crippen LogP contribution is 2.19. The van der Waals surface area contributed by atoms with Gasteiger partial charge < -0.3 is 10.2 Å². The molecule has 5 nitrogen and oxygen atoms in total. The Hall–Kier alpha value is -3.10. The highest BCUT2D eigenvalue weighted by Gasteiger charge is 2.18. The molecule has 1 saturated heterocycles. The molecule has 0 radical (unpaired) electrons. The van der Waals surface area contributed by atoms with Crippen molar-refractivity contribution in [2.75, 3.05) is 26.2 Å². The van der Waals surface area contributed by atoms with Gasteiger partial charge in [0.25, 0.3) is 5.91 Å². The van der Waals surface area contributed by atoms with Gasteiger partial charge in [-0.05, 0) is 25.1 Å². The smallest absolute Gasteiger partial charge is 0.262 e. The van der Waals surface area contributed by atoms with Crippen LogP contribution in [0.1, 0.15) is 12.6 Å². The van der Waals surface area contributed by atoms with Crippen LogP contribution in [-0.4, -0.2) is 46.8 Å². The third kappa shape index (κ3) is 4.36. The lowest BCUT2D eigenvalue weighted by molar-refractivity contribution is -0.127. The van der Waals surface area contributed by atoms with Crippen molar-refractivity contribution in [1.82, 2.24) is 20.0 Å². The first-order valence-corrected chi connectivity index (χ1v) is 9.05. The van der Waals surface area contributed by atoms with Gasteiger partial charge in [-0.1, -0.05) is 41.8 Å². The predicted molar refractivity (Wildman–Crippen MR) is 110 cm³/mol. The third-order valence-corrected chi connectivity index (χ3v) is 4.59. The lowest BCUT2D eigenvalue weighted by Gasteiger charge is -2.27. The van der Waals surface area contributed by atoms with Gasteiger partial charge in [-0.3, -0.25) is 9.48 Å². The number of piperazine rings is 1. The number of allylic oxidation sites excluding steroid dienone is 4. The SMILES string of the molecule is C#C\C(=C/C=C(C)/C=C/c1nn(C)c2ccccc12)C(=O)N1CCNCC1. The first-order chi connectivity index (χ1) is 13.1. The molecular weight excluding hydrogens is 336 g/mol. The van der Waals surface area contributed by atoms with Gasteiger partial charge >= 0.3 is 0 Å². The minimum absolute atomic E-state index is 0.0808. The molecular formula is C22H24N4O. The molecule has 2 aromatic rings. The monoisotopic (exact) mass is 360 g/mol. The van der Waals surface area contributed by atoms with Crippen LogP contribution in [0.3, 0.4) is 0 Å². The summed E-state index contributed by atoms with van der Waals surface area (Å²) < 4.78 is 1.87. The van der Waals surface area contributed by atoms with E-state index in [0.29, 0.717) is 18.7 Å². The molecule has 1 amide bonds. The lowest BCUT2D eigenvalue weighted by Crippen LogP contribution is -2.46. The van der Waals surface area contributed by atoms with E-state index in [1.165, 1.54) is 0 Å². The molecule has 3 rings (SSSR count). The van der Waals surface area contributed by atoms with E-state index in [2.05, 4.69) is 22.4 Å². The summed E-state index contributed by atoms with van der Waals surface area (Å²) in [5.41, 5.74) is 3.38. The number of rotatable bonds is 4. The maximum atomic E-state index is 12.5. The molecule has 1 aromatic carbocycles. The summed E-state index contributed by atoms with van der Waals surface area (Å²) in [5.74, 6) is 2.44. The van der Waals surface area contributed by atoms with Crippen molar-refractivity contribution in [3.8, 4) is 12.3 Å². The second-order valence-electron chi connectivity index (χ2n) is 6.54. The topological polar surface area (TPSA) is 50.2 Å². The lowest BCUT2D eigenvalue weighted by atomic mass is 10.1. The Morgan fingerprint density at radius 2 is 2.00 bits per heavy atom. The fourth-order valence-corrected chi connectivity index (χ4v) is 3.06. The second-order valence-corrected chi connectivity index (χ2v) is 6.54. The molecule has 1 N–H and O–H groups in total. The Bertz CT molecular complexity index is 966. The maximum Gasteiger partial charge on any atom is 0.262 e. The third-order valence-electron chi connectivity index (χ3n) is 4.59. The standard InChI is InChI=1S/C22H24N4O/c1-4-18(22(27)26-15-13-23-14-16-26)11-9-17(2)10-12-20-19-7-5-6-8-21(19)25(3)24-20/h1,5-12,23H,13-16H2,2-3H3/b12-10+,17-9+,18-11+. The molecule has 0 unspecified atom stereocenters. The first kappa shape index (κ1) is 18.7. The van der Waals surface area contributed by atoms with Crippen LogP contribution in [0.5, 0.6) is 0 Å². The van der Waals surface area contributed by atoms with Gasteiger partial charge in [-0.25, -0.2) is 0 Å². The summed E-state index contributed by atoms with van der Waals surface area (Å²) >= 11 is 0. The number of aromatic nitrogens is 2. The van der Waals surface area contributed by atoms with Crippen LogP contribution in [0.15, 0.2) is 53.6 Å². The van der Waals surface area contributed by atoms with Gasteiger partial charge in [0.1, 0.15) is 0 Å². The molecule has 138 valence electrons. The molecule has 0 atom stereocenters. The number of carbonyl (C=O) groups is 1. The van der Waals surface area contributed by atoms with Crippen LogP contribution in [0.4, 0.5) is 0 Å². The second kappa shape index (κ2) is 8.52. The Balaban J connectivity index is 1.75. The van der Waals surface area contributed by atoms with Crippen molar-refractivity contribution in [1.29, 1.82) is 0 Å². The number of hydrogen-bond acceptors (Lipinski definition) is 3. The van der Waals surface area contributed by atoms with Crippen LogP contribution in [0, 0.1) is 12.3 Å². The molecule has 1 aliphatic heterocycles. The average Bonchev–Trinajstić information content (AvgIpc) is 3.03. The van der Waals surface area contributed by atoms with Gasteiger partial charge in [-0.2, -0.15) is 5.10 Å². The molecule has 0 spiro atoms. The molecule has 1 aromatic heterocycles. The van der Waals surface area contributed by atoms with Gasteiger partial charge in [-0.15, -0.1) is 6.42 Å². The fourth-order valence-electron chi connectivity index (χ4n) is 3.06. The summed E-state index contributed by atoms with van der Waals surface area (Å²) in [6, 6.07) is 8.12. The maximum absolute atomic E-state index is 12.5. The number of para-hydroxylation sites is 1. The normalized spacial score (nSPS) is 16.1. The van der Waals surface area contributed by atoms with Crippen molar-refractivity contribution in [2.45, 2.75) is 6.92 Å². The number of fused-ring (bicyclic) bond motifs is 1. The van der Waals surface area contributed by atoms with Crippen LogP contribution in [0.2, 0.25) is 0 Å². The summed E-state index contributed by atoms with van der Waals surface area (Å²) in [6.07, 6.45) is 13.1. The van der Waals surface area contributed by atoms with Crippen LogP contribution in [-0.2, 0) is 11.8 Å². The van der Waals surface area contributed by atoms with E-state index in [-0.39, 0.29) is 5.91 Å². The number of amides is 1. The minimum Gasteiger partial charge on any atom is -0.336 e. The molecule has 0 bridgehead atoms. The van der Waals surface area contributed by atoms with Crippen molar-refractivity contribution in [3.63, 3.8) is 0 Å². The number of hydrogen-bond donors (Lipinski definition) is 1. The number of terminal acetylenes is 1. The van der Waals surface area contributed by atoms with E-state index >= 15 is 0 Å². The summed E-state index contributed by atoms with van der Waals surface area (Å²) in [5, 5.41) is 8.89. The Morgan fingerprint density at radius 1 is 1.26 bits per heavy atom. The number of nitrogens with one attached hydrogen (secondary N) is 1. The molecule has 0 aliphatic carbocycles. The van der Waals surface area contributed by atoms with Gasteiger partial charge in [0.05, 0.1) is 16.8 Å². The molecule has 2 heterocycles. The molecule has 1 fully saturated rings. The van der Waals surface area contributed by atoms with E-state index in [4.69, 9.17) is 6.42 Å². The van der Waals surface area contributed by atoms with Crippen molar-refractivity contribution in [3.05, 3.63) is 59.3 Å². The zero-order valence-electron chi connectivity index (χ0n) is 15.8. The minimum atomic E-state index is -0.0808. The largest absolute Gasteiger partial charge is 0.336 e. The Morgan fingerprint density at radius 3 is 2.74 bits per heavy atom. The number of aryl methyl sites for hydroxylation is 1. The van der Waals surface area contributed by atoms with Crippen molar-refractivity contribution >= 4 is 22.9 Å². The van der Waals surface area contributed by atoms with E-state index in [1.807, 2.05) is 55.1 Å². The van der Waals surface area contributed by atoms with E-state index in [1.54, 1.807) is 11.0 Å². The van der Waals surface area contributed by atoms with Crippen molar-refractivity contribution < 1.29 is 4.79 Å². The fraction of sp³-hybridized carbons (Fsp3) is 0.273. The average molecular weight is 360 g/mol. The predicted octanol–water partition coefficient (Wildman–Crippen LogP) is 2.52. The zero-order chi connectivity index (χ0) is 19.2. The van der Waals surface area contributed by atoms with E-state index < -0.39 is 0 Å². The number of benzene rings is 1. The van der Waals surface area contributed by atoms with Gasteiger partial charge in [0.2, 0.25) is 0 Å². The van der Waals surface area contributed by atoms with Crippen molar-refractivity contribution in [2.24, 2.45) is 7.05 Å². The zero-order valence-corrected chi connectivity index (χ0v) is 15.8. The number of nitrogens with zero attached hydrogens (tertiary/aromatic N) is 3. The highest BCUT2D eigenvalue weighted by atomic mass is 16.2. The molecule has 5 heteroatoms. The Labute approximate surface area is 160 Å². The van der Waals surface area contributed by atoms with Gasteiger partial charge in [0.15, 0.2) is 0 Å². The number of carbonyl (C=O) groups excluding carboxylic acids is 1. The summed E-state index contributed by atoms with van der Waals surface area (Å²) in [6.45, 7) is 4.96. The van der Waals surface area contributed by atoms with E-state index in [9.17, 15) is 4.79 Å². The first-order valence-electron chi connectivity index (χ1n) is 9.05. The molecule has 1 aliphatic rings. The quantitative estimate of drug-likeness (QED) is 0.518. The van der Waals surface area contributed by atoms with Gasteiger partial charge in [0, 0.05) is 38.6 Å². The van der Waals surface area contributed by atoms with Crippen LogP contribution < -0.4 is 5.32 Å². The van der Waals surface area contributed by atoms with E-state index in [0.717, 1.165) is 35.3 Å². The van der Waals surface area contributed by atoms with Crippen LogP contribution in [0.25, 0.3) is 17.0 Å². The summed E-state index contributed by atoms with van der Waals surface area (Å²) in [4.78, 5) is 14.3. The summed E-state index contributed by atoms with van der Waals surface area (Å²) in [7, 11) is 1.94. The Kier molecular flexibility index (Phi) is 5.90. The molecule has 27 heavy (non-hydrogen) atoms.